The first-order valence-corrected chi connectivity index (χ1v) is 11.2. The van der Waals surface area contributed by atoms with E-state index in [1.165, 1.54) is 22.5 Å². The normalized spacial score (nSPS) is 15.8. The minimum Gasteiger partial charge on any atom is -0.347 e. The van der Waals surface area contributed by atoms with E-state index in [1.54, 1.807) is 12.1 Å². The number of piperidine rings is 1. The van der Waals surface area contributed by atoms with Crippen LogP contribution in [0.5, 0.6) is 0 Å². The number of carbonyl (C=O) groups excluding carboxylic acids is 1. The molecule has 26 heavy (non-hydrogen) atoms. The topological polar surface area (TPSA) is 66.5 Å². The highest BCUT2D eigenvalue weighted by atomic mass is 79.9. The maximum absolute atomic E-state index is 13.1. The zero-order chi connectivity index (χ0) is 18.7. The number of amides is 1. The van der Waals surface area contributed by atoms with E-state index in [-0.39, 0.29) is 12.5 Å². The molecule has 0 atom stereocenters. The van der Waals surface area contributed by atoms with Crippen molar-refractivity contribution in [1.82, 2.24) is 9.62 Å². The van der Waals surface area contributed by atoms with Crippen LogP contribution in [0.1, 0.15) is 34.5 Å². The van der Waals surface area contributed by atoms with Crippen molar-refractivity contribution in [2.75, 3.05) is 13.1 Å². The van der Waals surface area contributed by atoms with Gasteiger partial charge in [0.15, 0.2) is 0 Å². The van der Waals surface area contributed by atoms with Gasteiger partial charge in [0.1, 0.15) is 10.0 Å². The smallest absolute Gasteiger partial charge is 0.252 e. The van der Waals surface area contributed by atoms with Gasteiger partial charge in [0.25, 0.3) is 15.9 Å². The Hall–Kier alpha value is -1.29. The van der Waals surface area contributed by atoms with Gasteiger partial charge in [-0.3, -0.25) is 4.79 Å². The van der Waals surface area contributed by atoms with Crippen molar-refractivity contribution in [2.45, 2.75) is 30.0 Å². The number of hydrogen-bond donors (Lipinski definition) is 1. The van der Waals surface area contributed by atoms with Gasteiger partial charge in [-0.05, 0) is 59.1 Å². The minimum absolute atomic E-state index is 0.211. The molecule has 1 amide bonds. The van der Waals surface area contributed by atoms with E-state index < -0.39 is 15.8 Å². The van der Waals surface area contributed by atoms with Gasteiger partial charge in [0.2, 0.25) is 0 Å². The number of sulfonamides is 1. The van der Waals surface area contributed by atoms with Crippen molar-refractivity contribution < 1.29 is 17.6 Å². The SMILES string of the molecule is O=C(NCc1ccc(S(=O)(=O)N2CCCCC2)s1)c1ccc(F)cc1Br. The number of halogens is 2. The summed E-state index contributed by atoms with van der Waals surface area (Å²) in [6.07, 6.45) is 2.84. The fourth-order valence-corrected chi connectivity index (χ4v) is 6.26. The lowest BCUT2D eigenvalue weighted by Gasteiger charge is -2.25. The molecule has 0 unspecified atom stereocenters. The fraction of sp³-hybridized carbons (Fsp3) is 0.353. The second kappa shape index (κ2) is 8.16. The summed E-state index contributed by atoms with van der Waals surface area (Å²) in [4.78, 5) is 13.0. The summed E-state index contributed by atoms with van der Waals surface area (Å²) in [5.74, 6) is -0.787. The number of nitrogens with zero attached hydrogens (tertiary/aromatic N) is 1. The number of benzene rings is 1. The highest BCUT2D eigenvalue weighted by molar-refractivity contribution is 9.10. The van der Waals surface area contributed by atoms with Gasteiger partial charge in [0.05, 0.1) is 12.1 Å². The Morgan fingerprint density at radius 3 is 2.62 bits per heavy atom. The van der Waals surface area contributed by atoms with Crippen LogP contribution in [0, 0.1) is 5.82 Å². The van der Waals surface area contributed by atoms with Gasteiger partial charge >= 0.3 is 0 Å². The van der Waals surface area contributed by atoms with Gasteiger partial charge in [-0.15, -0.1) is 11.3 Å². The molecule has 2 aromatic rings. The molecule has 1 aliphatic rings. The van der Waals surface area contributed by atoms with E-state index >= 15 is 0 Å². The van der Waals surface area contributed by atoms with Crippen LogP contribution in [0.25, 0.3) is 0 Å². The Morgan fingerprint density at radius 2 is 1.92 bits per heavy atom. The van der Waals surface area contributed by atoms with E-state index in [0.29, 0.717) is 27.3 Å². The Kier molecular flexibility index (Phi) is 6.11. The monoisotopic (exact) mass is 460 g/mol. The van der Waals surface area contributed by atoms with Crippen LogP contribution in [0.4, 0.5) is 4.39 Å². The Morgan fingerprint density at radius 1 is 1.19 bits per heavy atom. The lowest BCUT2D eigenvalue weighted by atomic mass is 10.2. The predicted octanol–water partition coefficient (Wildman–Crippen LogP) is 3.75. The third kappa shape index (κ3) is 4.33. The number of rotatable bonds is 5. The number of thiophene rings is 1. The summed E-state index contributed by atoms with van der Waals surface area (Å²) in [5, 5.41) is 2.73. The van der Waals surface area contributed by atoms with Crippen LogP contribution in [-0.4, -0.2) is 31.7 Å². The molecular formula is C17H18BrFN2O3S2. The van der Waals surface area contributed by atoms with E-state index in [4.69, 9.17) is 0 Å². The van der Waals surface area contributed by atoms with Crippen LogP contribution < -0.4 is 5.32 Å². The molecule has 140 valence electrons. The quantitative estimate of drug-likeness (QED) is 0.738. The molecule has 3 rings (SSSR count). The van der Waals surface area contributed by atoms with Crippen LogP contribution in [0.2, 0.25) is 0 Å². The predicted molar refractivity (Wildman–Crippen MR) is 102 cm³/mol. The lowest BCUT2D eigenvalue weighted by Crippen LogP contribution is -2.35. The molecule has 1 N–H and O–H groups in total. The summed E-state index contributed by atoms with van der Waals surface area (Å²) in [6, 6.07) is 7.14. The molecule has 1 aromatic heterocycles. The van der Waals surface area contributed by atoms with Crippen LogP contribution in [0.15, 0.2) is 39.0 Å². The zero-order valence-corrected chi connectivity index (χ0v) is 17.1. The van der Waals surface area contributed by atoms with Crippen LogP contribution >= 0.6 is 27.3 Å². The van der Waals surface area contributed by atoms with Gasteiger partial charge in [-0.25, -0.2) is 12.8 Å². The van der Waals surface area contributed by atoms with Crippen LogP contribution in [-0.2, 0) is 16.6 Å². The van der Waals surface area contributed by atoms with Gasteiger partial charge in [0, 0.05) is 22.4 Å². The molecule has 9 heteroatoms. The number of carbonyl (C=O) groups is 1. The van der Waals surface area contributed by atoms with Crippen molar-refractivity contribution >= 4 is 43.2 Å². The lowest BCUT2D eigenvalue weighted by molar-refractivity contribution is 0.0950. The standard InChI is InChI=1S/C17H18BrFN2O3S2/c18-15-10-12(19)4-6-14(15)17(22)20-11-13-5-7-16(25-13)26(23,24)21-8-2-1-3-9-21/h4-7,10H,1-3,8-9,11H2,(H,20,22). The summed E-state index contributed by atoms with van der Waals surface area (Å²) >= 11 is 4.33. The second-order valence-corrected chi connectivity index (χ2v) is 10.2. The highest BCUT2D eigenvalue weighted by Gasteiger charge is 2.27. The van der Waals surface area contributed by atoms with Crippen molar-refractivity contribution in [3.05, 3.63) is 51.1 Å². The molecule has 0 aliphatic carbocycles. The molecule has 1 saturated heterocycles. The molecule has 1 fully saturated rings. The molecular weight excluding hydrogens is 443 g/mol. The fourth-order valence-electron chi connectivity index (χ4n) is 2.76. The maximum Gasteiger partial charge on any atom is 0.252 e. The summed E-state index contributed by atoms with van der Waals surface area (Å²) in [7, 11) is -3.45. The van der Waals surface area contributed by atoms with E-state index in [1.807, 2.05) is 0 Å². The molecule has 5 nitrogen and oxygen atoms in total. The molecule has 1 aromatic carbocycles. The third-order valence-electron chi connectivity index (χ3n) is 4.15. The molecule has 0 spiro atoms. The van der Waals surface area contributed by atoms with E-state index in [2.05, 4.69) is 21.2 Å². The second-order valence-electron chi connectivity index (χ2n) is 5.99. The highest BCUT2D eigenvalue weighted by Crippen LogP contribution is 2.27. The number of hydrogen-bond acceptors (Lipinski definition) is 4. The van der Waals surface area contributed by atoms with Crippen molar-refractivity contribution in [3.63, 3.8) is 0 Å². The average Bonchev–Trinajstić information content (AvgIpc) is 3.10. The minimum atomic E-state index is -3.45. The molecule has 1 aliphatic heterocycles. The third-order valence-corrected chi connectivity index (χ3v) is 8.25. The van der Waals surface area contributed by atoms with Gasteiger partial charge in [-0.1, -0.05) is 6.42 Å². The number of nitrogens with one attached hydrogen (secondary N) is 1. The maximum atomic E-state index is 13.1. The van der Waals surface area contributed by atoms with Crippen molar-refractivity contribution in [2.24, 2.45) is 0 Å². The molecule has 0 bridgehead atoms. The van der Waals surface area contributed by atoms with E-state index in [0.717, 1.165) is 35.5 Å². The van der Waals surface area contributed by atoms with Gasteiger partial charge < -0.3 is 5.32 Å². The average molecular weight is 461 g/mol. The van der Waals surface area contributed by atoms with Gasteiger partial charge in [-0.2, -0.15) is 4.31 Å². The summed E-state index contributed by atoms with van der Waals surface area (Å²) < 4.78 is 40.6. The molecule has 0 saturated carbocycles. The first-order valence-electron chi connectivity index (χ1n) is 8.20. The molecule has 0 radical (unpaired) electrons. The van der Waals surface area contributed by atoms with E-state index in [9.17, 15) is 17.6 Å². The summed E-state index contributed by atoms with van der Waals surface area (Å²) in [6.45, 7) is 1.33. The first kappa shape index (κ1) is 19.5. The molecule has 2 heterocycles. The Labute approximate surface area is 164 Å². The van der Waals surface area contributed by atoms with Crippen molar-refractivity contribution in [3.8, 4) is 0 Å². The van der Waals surface area contributed by atoms with Crippen LogP contribution in [0.3, 0.4) is 0 Å². The first-order chi connectivity index (χ1) is 12.4. The summed E-state index contributed by atoms with van der Waals surface area (Å²) in [5.41, 5.74) is 0.323. The Bertz CT molecular complexity index is 908. The van der Waals surface area contributed by atoms with Crippen molar-refractivity contribution in [1.29, 1.82) is 0 Å². The largest absolute Gasteiger partial charge is 0.347 e. The Balaban J connectivity index is 1.66. The zero-order valence-electron chi connectivity index (χ0n) is 13.9.